The van der Waals surface area contributed by atoms with Crippen LogP contribution in [0.3, 0.4) is 0 Å². The fourth-order valence-electron chi connectivity index (χ4n) is 2.63. The molecule has 3 aromatic rings. The zero-order valence-corrected chi connectivity index (χ0v) is 13.8. The fraction of sp³-hybridized carbons (Fsp3) is 0.176. The topological polar surface area (TPSA) is 42.0 Å². The molecule has 0 atom stereocenters. The molecule has 2 aromatic heterocycles. The van der Waals surface area contributed by atoms with Crippen LogP contribution in [-0.4, -0.2) is 10.9 Å². The summed E-state index contributed by atoms with van der Waals surface area (Å²) in [5.41, 5.74) is 2.03. The van der Waals surface area contributed by atoms with E-state index in [2.05, 4.69) is 10.3 Å². The SMILES string of the molecule is O=C(Nc1nc2c(s1)CCC2)c1ccc(-c2ccc(F)cc2)s1. The highest BCUT2D eigenvalue weighted by Gasteiger charge is 2.18. The molecule has 0 bridgehead atoms. The third-order valence-electron chi connectivity index (χ3n) is 3.77. The van der Waals surface area contributed by atoms with Gasteiger partial charge in [0.2, 0.25) is 0 Å². The Morgan fingerprint density at radius 3 is 2.70 bits per heavy atom. The van der Waals surface area contributed by atoms with Crippen molar-refractivity contribution >= 4 is 33.7 Å². The van der Waals surface area contributed by atoms with Gasteiger partial charge in [-0.3, -0.25) is 10.1 Å². The van der Waals surface area contributed by atoms with Gasteiger partial charge in [0, 0.05) is 9.75 Å². The van der Waals surface area contributed by atoms with Gasteiger partial charge in [0.1, 0.15) is 5.82 Å². The number of nitrogens with one attached hydrogen (secondary N) is 1. The molecule has 1 aliphatic rings. The molecule has 0 saturated carbocycles. The summed E-state index contributed by atoms with van der Waals surface area (Å²) in [5, 5.41) is 3.56. The minimum absolute atomic E-state index is 0.143. The van der Waals surface area contributed by atoms with Gasteiger partial charge < -0.3 is 0 Å². The van der Waals surface area contributed by atoms with E-state index in [0.29, 0.717) is 10.0 Å². The zero-order valence-electron chi connectivity index (χ0n) is 12.1. The van der Waals surface area contributed by atoms with Gasteiger partial charge in [0.25, 0.3) is 5.91 Å². The third kappa shape index (κ3) is 2.92. The molecule has 1 N–H and O–H groups in total. The normalized spacial score (nSPS) is 13.1. The summed E-state index contributed by atoms with van der Waals surface area (Å²) in [5.74, 6) is -0.407. The molecule has 1 amide bonds. The maximum Gasteiger partial charge on any atom is 0.267 e. The molecule has 0 radical (unpaired) electrons. The number of halogens is 1. The van der Waals surface area contributed by atoms with Gasteiger partial charge in [-0.25, -0.2) is 9.37 Å². The van der Waals surface area contributed by atoms with E-state index in [1.54, 1.807) is 29.5 Å². The van der Waals surface area contributed by atoms with Crippen LogP contribution in [0.15, 0.2) is 36.4 Å². The Morgan fingerprint density at radius 2 is 1.91 bits per heavy atom. The lowest BCUT2D eigenvalue weighted by Crippen LogP contribution is -2.09. The van der Waals surface area contributed by atoms with Crippen molar-refractivity contribution in [2.45, 2.75) is 19.3 Å². The van der Waals surface area contributed by atoms with E-state index in [9.17, 15) is 9.18 Å². The van der Waals surface area contributed by atoms with Gasteiger partial charge in [0.15, 0.2) is 5.13 Å². The van der Waals surface area contributed by atoms with Crippen LogP contribution >= 0.6 is 22.7 Å². The largest absolute Gasteiger partial charge is 0.297 e. The number of amides is 1. The predicted octanol–water partition coefficient (Wildman–Crippen LogP) is 4.75. The number of anilines is 1. The molecule has 116 valence electrons. The van der Waals surface area contributed by atoms with E-state index in [-0.39, 0.29) is 11.7 Å². The molecule has 3 nitrogen and oxygen atoms in total. The van der Waals surface area contributed by atoms with E-state index in [0.717, 1.165) is 35.4 Å². The predicted molar refractivity (Wildman–Crippen MR) is 91.8 cm³/mol. The zero-order chi connectivity index (χ0) is 15.8. The van der Waals surface area contributed by atoms with Crippen LogP contribution in [0.2, 0.25) is 0 Å². The summed E-state index contributed by atoms with van der Waals surface area (Å²) >= 11 is 2.96. The molecule has 2 heterocycles. The highest BCUT2D eigenvalue weighted by atomic mass is 32.1. The van der Waals surface area contributed by atoms with Crippen LogP contribution in [0.1, 0.15) is 26.7 Å². The Morgan fingerprint density at radius 1 is 1.09 bits per heavy atom. The number of benzene rings is 1. The van der Waals surface area contributed by atoms with Gasteiger partial charge in [0.05, 0.1) is 10.6 Å². The van der Waals surface area contributed by atoms with E-state index >= 15 is 0 Å². The molecule has 4 rings (SSSR count). The first-order valence-electron chi connectivity index (χ1n) is 7.35. The van der Waals surface area contributed by atoms with Gasteiger partial charge in [-0.15, -0.1) is 22.7 Å². The average Bonchev–Trinajstić information content (AvgIpc) is 3.22. The third-order valence-corrected chi connectivity index (χ3v) is 5.98. The molecule has 1 aromatic carbocycles. The molecule has 0 unspecified atom stereocenters. The van der Waals surface area contributed by atoms with Crippen LogP contribution in [0.5, 0.6) is 0 Å². The summed E-state index contributed by atoms with van der Waals surface area (Å²) in [6.45, 7) is 0. The van der Waals surface area contributed by atoms with Gasteiger partial charge in [-0.05, 0) is 49.1 Å². The maximum absolute atomic E-state index is 13.0. The summed E-state index contributed by atoms with van der Waals surface area (Å²) in [6, 6.07) is 9.95. The first-order chi connectivity index (χ1) is 11.2. The van der Waals surface area contributed by atoms with Crippen LogP contribution in [-0.2, 0) is 12.8 Å². The first kappa shape index (κ1) is 14.5. The number of fused-ring (bicyclic) bond motifs is 1. The number of hydrogen-bond donors (Lipinski definition) is 1. The number of carbonyl (C=O) groups excluding carboxylic acids is 1. The monoisotopic (exact) mass is 344 g/mol. The Balaban J connectivity index is 1.51. The Hall–Kier alpha value is -2.05. The van der Waals surface area contributed by atoms with Crippen LogP contribution in [0.25, 0.3) is 10.4 Å². The number of thiophene rings is 1. The number of nitrogens with zero attached hydrogens (tertiary/aromatic N) is 1. The fourth-order valence-corrected chi connectivity index (χ4v) is 4.58. The second-order valence-electron chi connectivity index (χ2n) is 5.37. The van der Waals surface area contributed by atoms with Gasteiger partial charge in [-0.2, -0.15) is 0 Å². The van der Waals surface area contributed by atoms with Crippen LogP contribution in [0.4, 0.5) is 9.52 Å². The van der Waals surface area contributed by atoms with Crippen molar-refractivity contribution in [3.63, 3.8) is 0 Å². The summed E-state index contributed by atoms with van der Waals surface area (Å²) in [4.78, 5) is 19.7. The molecule has 0 fully saturated rings. The van der Waals surface area contributed by atoms with Crippen LogP contribution < -0.4 is 5.32 Å². The molecule has 6 heteroatoms. The minimum Gasteiger partial charge on any atom is -0.297 e. The van der Waals surface area contributed by atoms with Crippen molar-refractivity contribution in [3.8, 4) is 10.4 Å². The lowest BCUT2D eigenvalue weighted by Gasteiger charge is -1.99. The number of aryl methyl sites for hydroxylation is 2. The number of thiazole rings is 1. The maximum atomic E-state index is 13.0. The molecule has 0 spiro atoms. The Kier molecular flexibility index (Phi) is 3.71. The lowest BCUT2D eigenvalue weighted by atomic mass is 10.2. The molecular weight excluding hydrogens is 331 g/mol. The highest BCUT2D eigenvalue weighted by molar-refractivity contribution is 7.18. The van der Waals surface area contributed by atoms with Crippen molar-refractivity contribution in [2.75, 3.05) is 5.32 Å². The number of carbonyl (C=O) groups is 1. The summed E-state index contributed by atoms with van der Waals surface area (Å²) in [6.07, 6.45) is 3.24. The molecular formula is C17H13FN2OS2. The molecule has 0 saturated heterocycles. The quantitative estimate of drug-likeness (QED) is 0.745. The molecule has 0 aliphatic heterocycles. The standard InChI is InChI=1S/C17H13FN2OS2/c18-11-6-4-10(5-7-11)13-8-9-15(22-13)16(21)20-17-19-12-2-1-3-14(12)23-17/h4-9H,1-3H2,(H,19,20,21). The summed E-state index contributed by atoms with van der Waals surface area (Å²) < 4.78 is 13.0. The minimum atomic E-state index is -0.264. The number of aromatic nitrogens is 1. The van der Waals surface area contributed by atoms with Crippen molar-refractivity contribution < 1.29 is 9.18 Å². The Bertz CT molecular complexity index is 846. The number of hydrogen-bond acceptors (Lipinski definition) is 4. The first-order valence-corrected chi connectivity index (χ1v) is 8.98. The van der Waals surface area contributed by atoms with Gasteiger partial charge >= 0.3 is 0 Å². The van der Waals surface area contributed by atoms with Gasteiger partial charge in [-0.1, -0.05) is 12.1 Å². The summed E-state index contributed by atoms with van der Waals surface area (Å²) in [7, 11) is 0. The van der Waals surface area contributed by atoms with E-state index in [1.807, 2.05) is 6.07 Å². The smallest absolute Gasteiger partial charge is 0.267 e. The average molecular weight is 344 g/mol. The second kappa shape index (κ2) is 5.86. The Labute approximate surface area is 140 Å². The van der Waals surface area contributed by atoms with Crippen molar-refractivity contribution in [1.29, 1.82) is 0 Å². The van der Waals surface area contributed by atoms with E-state index in [4.69, 9.17) is 0 Å². The van der Waals surface area contributed by atoms with Crippen molar-refractivity contribution in [3.05, 3.63) is 57.7 Å². The second-order valence-corrected chi connectivity index (χ2v) is 7.53. The highest BCUT2D eigenvalue weighted by Crippen LogP contribution is 2.32. The lowest BCUT2D eigenvalue weighted by molar-refractivity contribution is 0.103. The molecule has 1 aliphatic carbocycles. The van der Waals surface area contributed by atoms with Crippen molar-refractivity contribution in [2.24, 2.45) is 0 Å². The van der Waals surface area contributed by atoms with E-state index in [1.165, 1.54) is 28.3 Å². The van der Waals surface area contributed by atoms with Crippen LogP contribution in [0, 0.1) is 5.82 Å². The van der Waals surface area contributed by atoms with Crippen molar-refractivity contribution in [1.82, 2.24) is 4.98 Å². The molecule has 23 heavy (non-hydrogen) atoms. The number of rotatable bonds is 3. The van der Waals surface area contributed by atoms with E-state index < -0.39 is 0 Å².